The molecule has 2 aromatic heterocycles. The molecule has 0 unspecified atom stereocenters. The largest absolute Gasteiger partial charge is 0.508 e. The fourth-order valence-corrected chi connectivity index (χ4v) is 9.70. The summed E-state index contributed by atoms with van der Waals surface area (Å²) in [5.74, 6) is -3.25. The number of hydrazine groups is 1. The molecule has 2 aromatic carbocycles. The van der Waals surface area contributed by atoms with E-state index in [-0.39, 0.29) is 43.8 Å². The molecule has 0 radical (unpaired) electrons. The Bertz CT molecular complexity index is 2340. The lowest BCUT2D eigenvalue weighted by atomic mass is 9.84. The molecular weight excluding hydrogens is 815 g/mol. The number of hydrogen-bond donors (Lipinski definition) is 5. The molecule has 5 heterocycles. The quantitative estimate of drug-likeness (QED) is 0.0990. The number of aromatic hydroxyl groups is 1. The molecule has 2 fully saturated rings. The Morgan fingerprint density at radius 1 is 1.06 bits per heavy atom. The van der Waals surface area contributed by atoms with Gasteiger partial charge >= 0.3 is 5.97 Å². The standard InChI is InChI=1S/C49H65N7O8/c1-7-55-42-11-10-33-23-37(42)38(44(55)39-26-50-14-12-34(39)28-63-6)24-49(4,5)29-64-48(62)40-9-8-15-56(53-40)47(61)41(21-32-19-35(33)22-36(58)20-32)52-46(60)43(30(2)3)45(59)51-25-31-13-16-54(27-31)17-18-57/h10-12,14,19-20,22-23,26,30-31,40-41,43,53,57-58H,7-9,13,15-18,21,24-25,27-29H2,1-6H3,(H,51,59)(H,52,60)/t31-,40-,41-,43-/m0/s1. The molecule has 0 saturated carbocycles. The number of aliphatic hydroxyl groups is 1. The van der Waals surface area contributed by atoms with Crippen LogP contribution >= 0.6 is 0 Å². The van der Waals surface area contributed by atoms with Crippen LogP contribution in [0.4, 0.5) is 0 Å². The third-order valence-corrected chi connectivity index (χ3v) is 12.9. The molecule has 344 valence electrons. The number of phenolic OH excluding ortho intramolecular Hbond substituents is 1. The summed E-state index contributed by atoms with van der Waals surface area (Å²) in [6.45, 7) is 14.0. The maximum atomic E-state index is 14.6. The van der Waals surface area contributed by atoms with E-state index >= 15 is 0 Å². The van der Waals surface area contributed by atoms with Gasteiger partial charge in [0.2, 0.25) is 11.8 Å². The summed E-state index contributed by atoms with van der Waals surface area (Å²) in [4.78, 5) is 63.1. The summed E-state index contributed by atoms with van der Waals surface area (Å²) in [5, 5.41) is 28.9. The molecule has 0 spiro atoms. The second-order valence-corrected chi connectivity index (χ2v) is 18.8. The number of likely N-dealkylation sites (tertiary alicyclic amines) is 1. The monoisotopic (exact) mass is 879 g/mol. The minimum Gasteiger partial charge on any atom is -0.508 e. The second-order valence-electron chi connectivity index (χ2n) is 18.8. The number of aryl methyl sites for hydroxylation is 1. The zero-order valence-corrected chi connectivity index (χ0v) is 38.1. The molecule has 2 saturated heterocycles. The van der Waals surface area contributed by atoms with Crippen molar-refractivity contribution < 1.29 is 38.9 Å². The number of β-amino-alcohol motifs (C(OH)–C–C–N with tert-alkyl or cyclic N) is 1. The molecular formula is C49H65N7O8. The van der Waals surface area contributed by atoms with Crippen molar-refractivity contribution in [3.8, 4) is 28.1 Å². The van der Waals surface area contributed by atoms with Crippen LogP contribution in [-0.4, -0.2) is 118 Å². The number of nitrogens with zero attached hydrogens (tertiary/aromatic N) is 4. The highest BCUT2D eigenvalue weighted by Crippen LogP contribution is 2.41. The lowest BCUT2D eigenvalue weighted by Gasteiger charge is -2.36. The summed E-state index contributed by atoms with van der Waals surface area (Å²) in [6.07, 6.45) is 6.03. The van der Waals surface area contributed by atoms with Gasteiger partial charge in [-0.15, -0.1) is 0 Å². The summed E-state index contributed by atoms with van der Waals surface area (Å²) in [5.41, 5.74) is 9.78. The van der Waals surface area contributed by atoms with Crippen LogP contribution in [0.25, 0.3) is 33.3 Å². The van der Waals surface area contributed by atoms with Gasteiger partial charge in [-0.25, -0.2) is 5.43 Å². The number of esters is 1. The maximum absolute atomic E-state index is 14.6. The number of aromatic nitrogens is 2. The number of carbonyl (C=O) groups is 4. The van der Waals surface area contributed by atoms with Gasteiger partial charge in [0.25, 0.3) is 5.91 Å². The SMILES string of the molecule is CCn1c(-c2cnccc2COC)c2c3cc(ccc31)-c1cc(O)cc(c1)C[C@H](NC(=O)[C@H](C(=O)NC[C@@H]1CCN(CCO)C1)C(C)C)C(=O)N1CCC[C@H](N1)C(=O)OCC(C)(C)C2. The number of ether oxygens (including phenoxy) is 2. The van der Waals surface area contributed by atoms with Crippen LogP contribution in [0.5, 0.6) is 5.75 Å². The predicted molar refractivity (Wildman–Crippen MR) is 244 cm³/mol. The number of pyridine rings is 1. The van der Waals surface area contributed by atoms with Gasteiger partial charge in [0, 0.05) is 80.5 Å². The lowest BCUT2D eigenvalue weighted by Crippen LogP contribution is -2.61. The normalized spacial score (nSPS) is 21.1. The smallest absolute Gasteiger partial charge is 0.324 e. The summed E-state index contributed by atoms with van der Waals surface area (Å²) < 4.78 is 14.0. The van der Waals surface area contributed by atoms with Crippen molar-refractivity contribution >= 4 is 34.6 Å². The third-order valence-electron chi connectivity index (χ3n) is 12.9. The van der Waals surface area contributed by atoms with Crippen LogP contribution in [0.1, 0.15) is 70.6 Å². The zero-order chi connectivity index (χ0) is 45.7. The first-order chi connectivity index (χ1) is 30.7. The molecule has 3 amide bonds. The van der Waals surface area contributed by atoms with Gasteiger partial charge in [-0.1, -0.05) is 39.8 Å². The highest BCUT2D eigenvalue weighted by molar-refractivity contribution is 6.02. The van der Waals surface area contributed by atoms with Crippen molar-refractivity contribution in [1.82, 2.24) is 35.5 Å². The number of aliphatic hydroxyl groups excluding tert-OH is 1. The fourth-order valence-electron chi connectivity index (χ4n) is 9.70. The van der Waals surface area contributed by atoms with E-state index in [1.54, 1.807) is 39.3 Å². The molecule has 5 N–H and O–H groups in total. The number of rotatable bonds is 12. The third kappa shape index (κ3) is 10.4. The molecule has 0 aliphatic carbocycles. The number of nitrogens with one attached hydrogen (secondary N) is 3. The van der Waals surface area contributed by atoms with Crippen LogP contribution in [0.2, 0.25) is 0 Å². The number of methoxy groups -OCH3 is 1. The van der Waals surface area contributed by atoms with Crippen molar-refractivity contribution in [1.29, 1.82) is 0 Å². The van der Waals surface area contributed by atoms with E-state index in [9.17, 15) is 29.4 Å². The first-order valence-corrected chi connectivity index (χ1v) is 22.8. The van der Waals surface area contributed by atoms with Crippen molar-refractivity contribution in [2.45, 2.75) is 92.0 Å². The van der Waals surface area contributed by atoms with Gasteiger partial charge in [-0.3, -0.25) is 29.2 Å². The molecule has 4 atom stereocenters. The van der Waals surface area contributed by atoms with E-state index in [2.05, 4.69) is 63.4 Å². The Labute approximate surface area is 375 Å². The maximum Gasteiger partial charge on any atom is 0.324 e. The van der Waals surface area contributed by atoms with E-state index < -0.39 is 47.1 Å². The van der Waals surface area contributed by atoms with Gasteiger partial charge in [0.15, 0.2) is 0 Å². The molecule has 15 nitrogen and oxygen atoms in total. The highest BCUT2D eigenvalue weighted by atomic mass is 16.5. The molecule has 4 aromatic rings. The number of cyclic esters (lactones) is 1. The molecule has 3 aliphatic heterocycles. The molecule has 6 bridgehead atoms. The average molecular weight is 880 g/mol. The minimum atomic E-state index is -1.16. The summed E-state index contributed by atoms with van der Waals surface area (Å²) >= 11 is 0. The molecule has 3 aliphatic rings. The number of carbonyl (C=O) groups excluding carboxylic acids is 4. The van der Waals surface area contributed by atoms with Gasteiger partial charge in [0.1, 0.15) is 23.8 Å². The molecule has 64 heavy (non-hydrogen) atoms. The van der Waals surface area contributed by atoms with Crippen molar-refractivity contribution in [2.75, 3.05) is 53.0 Å². The Hall–Kier alpha value is -5.35. The number of amides is 3. The van der Waals surface area contributed by atoms with Crippen LogP contribution < -0.4 is 16.1 Å². The molecule has 7 rings (SSSR count). The van der Waals surface area contributed by atoms with Crippen LogP contribution in [0.3, 0.4) is 0 Å². The number of fused-ring (bicyclic) bond motifs is 6. The van der Waals surface area contributed by atoms with Crippen LogP contribution in [0.15, 0.2) is 54.9 Å². The first-order valence-electron chi connectivity index (χ1n) is 22.8. The minimum absolute atomic E-state index is 0.00417. The Morgan fingerprint density at radius 3 is 2.62 bits per heavy atom. The van der Waals surface area contributed by atoms with Gasteiger partial charge < -0.3 is 39.8 Å². The number of phenols is 1. The van der Waals surface area contributed by atoms with Crippen molar-refractivity contribution in [2.24, 2.45) is 23.2 Å². The Morgan fingerprint density at radius 2 is 1.88 bits per heavy atom. The second kappa shape index (κ2) is 20.2. The Kier molecular flexibility index (Phi) is 14.7. The van der Waals surface area contributed by atoms with Gasteiger partial charge in [0.05, 0.1) is 25.5 Å². The Balaban J connectivity index is 1.28. The van der Waals surface area contributed by atoms with E-state index in [1.165, 1.54) is 5.01 Å². The van der Waals surface area contributed by atoms with E-state index in [4.69, 9.17) is 9.47 Å². The van der Waals surface area contributed by atoms with Crippen molar-refractivity contribution in [3.63, 3.8) is 0 Å². The topological polar surface area (TPSA) is 188 Å². The van der Waals surface area contributed by atoms with Crippen LogP contribution in [0, 0.1) is 23.2 Å². The van der Waals surface area contributed by atoms with E-state index in [0.29, 0.717) is 51.1 Å². The lowest BCUT2D eigenvalue weighted by molar-refractivity contribution is -0.155. The van der Waals surface area contributed by atoms with Crippen LogP contribution in [-0.2, 0) is 54.6 Å². The van der Waals surface area contributed by atoms with E-state index in [1.807, 2.05) is 24.4 Å². The highest BCUT2D eigenvalue weighted by Gasteiger charge is 2.38. The van der Waals surface area contributed by atoms with E-state index in [0.717, 1.165) is 63.9 Å². The number of benzene rings is 2. The summed E-state index contributed by atoms with van der Waals surface area (Å²) in [6, 6.07) is 11.5. The fraction of sp³-hybridized carbons (Fsp3) is 0.531. The van der Waals surface area contributed by atoms with Gasteiger partial charge in [-0.05, 0) is 109 Å². The first kappa shape index (κ1) is 46.6. The predicted octanol–water partition coefficient (Wildman–Crippen LogP) is 4.59. The molecule has 15 heteroatoms. The average Bonchev–Trinajstić information content (AvgIpc) is 3.85. The zero-order valence-electron chi connectivity index (χ0n) is 38.1. The van der Waals surface area contributed by atoms with Gasteiger partial charge in [-0.2, -0.15) is 0 Å². The summed E-state index contributed by atoms with van der Waals surface area (Å²) in [7, 11) is 1.67. The number of hydrogen-bond acceptors (Lipinski definition) is 11. The van der Waals surface area contributed by atoms with Crippen molar-refractivity contribution in [3.05, 3.63) is 71.5 Å².